The van der Waals surface area contributed by atoms with Crippen LogP contribution in [0.1, 0.15) is 19.8 Å². The molecule has 14 heavy (non-hydrogen) atoms. The minimum atomic E-state index is -3.55. The highest BCUT2D eigenvalue weighted by atomic mass is 32.2. The maximum atomic E-state index is 11.6. The molecule has 0 saturated carbocycles. The van der Waals surface area contributed by atoms with Crippen LogP contribution in [0.5, 0.6) is 0 Å². The van der Waals surface area contributed by atoms with Gasteiger partial charge in [-0.15, -0.1) is 0 Å². The van der Waals surface area contributed by atoms with E-state index in [4.69, 9.17) is 10.5 Å². The van der Waals surface area contributed by atoms with Gasteiger partial charge < -0.3 is 0 Å². The van der Waals surface area contributed by atoms with Crippen LogP contribution in [-0.2, 0) is 10.0 Å². The number of hydrogen-bond acceptors (Lipinski definition) is 4. The van der Waals surface area contributed by atoms with E-state index < -0.39 is 15.3 Å². The van der Waals surface area contributed by atoms with Gasteiger partial charge in [-0.25, -0.2) is 12.7 Å². The molecular weight excluding hydrogens is 202 g/mol. The SMILES string of the molecule is CCC(C#N)S(=O)(=O)N(C)CCC#N. The van der Waals surface area contributed by atoms with E-state index in [-0.39, 0.29) is 19.4 Å². The Morgan fingerprint density at radius 1 is 1.43 bits per heavy atom. The standard InChI is InChI=1S/C8H13N3O2S/c1-3-8(7-10)14(12,13)11(2)6-4-5-9/h8H,3-4,6H2,1-2H3. The lowest BCUT2D eigenvalue weighted by Crippen LogP contribution is -2.35. The van der Waals surface area contributed by atoms with Crippen LogP contribution in [0.2, 0.25) is 0 Å². The van der Waals surface area contributed by atoms with Gasteiger partial charge in [-0.05, 0) is 6.42 Å². The minimum absolute atomic E-state index is 0.136. The molecule has 0 saturated heterocycles. The van der Waals surface area contributed by atoms with E-state index in [1.807, 2.05) is 6.07 Å². The fraction of sp³-hybridized carbons (Fsp3) is 0.750. The van der Waals surface area contributed by atoms with Gasteiger partial charge in [0.2, 0.25) is 10.0 Å². The Kier molecular flexibility index (Phi) is 5.14. The Morgan fingerprint density at radius 2 is 2.00 bits per heavy atom. The van der Waals surface area contributed by atoms with Crippen molar-refractivity contribution in [2.24, 2.45) is 0 Å². The highest BCUT2D eigenvalue weighted by Gasteiger charge is 2.27. The molecule has 1 atom stereocenters. The van der Waals surface area contributed by atoms with E-state index in [9.17, 15) is 8.42 Å². The Labute approximate surface area is 84.6 Å². The summed E-state index contributed by atoms with van der Waals surface area (Å²) in [4.78, 5) is 0. The monoisotopic (exact) mass is 215 g/mol. The predicted molar refractivity (Wildman–Crippen MR) is 51.5 cm³/mol. The van der Waals surface area contributed by atoms with E-state index >= 15 is 0 Å². The van der Waals surface area contributed by atoms with Crippen LogP contribution in [0.15, 0.2) is 0 Å². The molecule has 0 aliphatic carbocycles. The van der Waals surface area contributed by atoms with Crippen LogP contribution in [0.4, 0.5) is 0 Å². The molecule has 0 aromatic carbocycles. The van der Waals surface area contributed by atoms with Crippen LogP contribution in [0.25, 0.3) is 0 Å². The smallest absolute Gasteiger partial charge is 0.211 e. The molecule has 0 bridgehead atoms. The lowest BCUT2D eigenvalue weighted by atomic mass is 10.4. The topological polar surface area (TPSA) is 85.0 Å². The Morgan fingerprint density at radius 3 is 2.36 bits per heavy atom. The van der Waals surface area contributed by atoms with E-state index in [1.165, 1.54) is 7.05 Å². The van der Waals surface area contributed by atoms with Gasteiger partial charge >= 0.3 is 0 Å². The molecule has 0 radical (unpaired) electrons. The average Bonchev–Trinajstić information content (AvgIpc) is 2.15. The van der Waals surface area contributed by atoms with E-state index in [0.717, 1.165) is 4.31 Å². The van der Waals surface area contributed by atoms with Crippen molar-refractivity contribution in [2.45, 2.75) is 25.0 Å². The molecule has 0 rings (SSSR count). The van der Waals surface area contributed by atoms with Crippen molar-refractivity contribution in [1.29, 1.82) is 10.5 Å². The third-order valence-corrected chi connectivity index (χ3v) is 4.06. The minimum Gasteiger partial charge on any atom is -0.211 e. The fourth-order valence-electron chi connectivity index (χ4n) is 0.920. The molecule has 0 fully saturated rings. The zero-order chi connectivity index (χ0) is 11.2. The molecule has 0 N–H and O–H groups in total. The van der Waals surface area contributed by atoms with E-state index in [2.05, 4.69) is 0 Å². The summed E-state index contributed by atoms with van der Waals surface area (Å²) in [6, 6.07) is 3.59. The first kappa shape index (κ1) is 12.9. The van der Waals surface area contributed by atoms with Crippen molar-refractivity contribution >= 4 is 10.0 Å². The Hall–Kier alpha value is -1.11. The van der Waals surface area contributed by atoms with Gasteiger partial charge in [0.05, 0.1) is 12.1 Å². The maximum Gasteiger partial charge on any atom is 0.230 e. The molecule has 0 aliphatic heterocycles. The summed E-state index contributed by atoms with van der Waals surface area (Å²) in [6.07, 6.45) is 0.396. The van der Waals surface area contributed by atoms with Crippen LogP contribution < -0.4 is 0 Å². The summed E-state index contributed by atoms with van der Waals surface area (Å²) < 4.78 is 24.2. The highest BCUT2D eigenvalue weighted by Crippen LogP contribution is 2.09. The lowest BCUT2D eigenvalue weighted by molar-refractivity contribution is 0.470. The molecule has 0 aromatic heterocycles. The largest absolute Gasteiger partial charge is 0.230 e. The lowest BCUT2D eigenvalue weighted by Gasteiger charge is -2.18. The molecular formula is C8H13N3O2S. The number of hydrogen-bond donors (Lipinski definition) is 0. The summed E-state index contributed by atoms with van der Waals surface area (Å²) in [5.41, 5.74) is 0. The summed E-state index contributed by atoms with van der Waals surface area (Å²) in [5.74, 6) is 0. The maximum absolute atomic E-state index is 11.6. The van der Waals surface area contributed by atoms with Gasteiger partial charge in [-0.2, -0.15) is 10.5 Å². The van der Waals surface area contributed by atoms with Crippen LogP contribution >= 0.6 is 0 Å². The van der Waals surface area contributed by atoms with Crippen molar-refractivity contribution in [3.8, 4) is 12.1 Å². The fourth-order valence-corrected chi connectivity index (χ4v) is 2.26. The van der Waals surface area contributed by atoms with Crippen LogP contribution in [-0.4, -0.2) is 31.6 Å². The van der Waals surface area contributed by atoms with Gasteiger partial charge in [0, 0.05) is 20.0 Å². The highest BCUT2D eigenvalue weighted by molar-refractivity contribution is 7.89. The number of nitriles is 2. The van der Waals surface area contributed by atoms with Gasteiger partial charge in [0.15, 0.2) is 5.25 Å². The van der Waals surface area contributed by atoms with Crippen molar-refractivity contribution in [1.82, 2.24) is 4.31 Å². The zero-order valence-electron chi connectivity index (χ0n) is 8.27. The molecule has 0 spiro atoms. The molecule has 1 unspecified atom stereocenters. The number of sulfonamides is 1. The third-order valence-electron chi connectivity index (χ3n) is 1.85. The summed E-state index contributed by atoms with van der Waals surface area (Å²) >= 11 is 0. The Balaban J connectivity index is 4.63. The number of rotatable bonds is 5. The first-order valence-electron chi connectivity index (χ1n) is 4.22. The van der Waals surface area contributed by atoms with Gasteiger partial charge in [-0.3, -0.25) is 0 Å². The molecule has 0 aliphatic rings. The third kappa shape index (κ3) is 2.99. The average molecular weight is 215 g/mol. The van der Waals surface area contributed by atoms with Crippen LogP contribution in [0, 0.1) is 22.7 Å². The number of nitrogens with zero attached hydrogens (tertiary/aromatic N) is 3. The van der Waals surface area contributed by atoms with Crippen molar-refractivity contribution in [3.05, 3.63) is 0 Å². The predicted octanol–water partition coefficient (Wildman–Crippen LogP) is 0.464. The summed E-state index contributed by atoms with van der Waals surface area (Å²) in [7, 11) is -2.17. The summed E-state index contributed by atoms with van der Waals surface area (Å²) in [5, 5.41) is 15.9. The van der Waals surface area contributed by atoms with E-state index in [0.29, 0.717) is 0 Å². The van der Waals surface area contributed by atoms with E-state index in [1.54, 1.807) is 13.0 Å². The Bertz CT molecular complexity index is 350. The molecule has 5 nitrogen and oxygen atoms in total. The molecule has 0 aromatic rings. The molecule has 0 heterocycles. The first-order chi connectivity index (χ1) is 6.50. The van der Waals surface area contributed by atoms with Gasteiger partial charge in [0.25, 0.3) is 0 Å². The van der Waals surface area contributed by atoms with Crippen molar-refractivity contribution in [3.63, 3.8) is 0 Å². The quantitative estimate of drug-likeness (QED) is 0.667. The second-order valence-corrected chi connectivity index (χ2v) is 5.02. The summed E-state index contributed by atoms with van der Waals surface area (Å²) in [6.45, 7) is 1.78. The molecule has 78 valence electrons. The second-order valence-electron chi connectivity index (χ2n) is 2.80. The van der Waals surface area contributed by atoms with Gasteiger partial charge in [-0.1, -0.05) is 6.92 Å². The molecule has 6 heteroatoms. The first-order valence-corrected chi connectivity index (χ1v) is 5.72. The van der Waals surface area contributed by atoms with Crippen molar-refractivity contribution in [2.75, 3.05) is 13.6 Å². The second kappa shape index (κ2) is 5.58. The molecule has 0 amide bonds. The zero-order valence-corrected chi connectivity index (χ0v) is 9.08. The van der Waals surface area contributed by atoms with Crippen LogP contribution in [0.3, 0.4) is 0 Å². The van der Waals surface area contributed by atoms with Gasteiger partial charge in [0.1, 0.15) is 0 Å². The normalized spacial score (nSPS) is 13.2. The van der Waals surface area contributed by atoms with Crippen molar-refractivity contribution < 1.29 is 8.42 Å².